The molecule has 2 rings (SSSR count). The molecule has 2 aliphatic rings. The van der Waals surface area contributed by atoms with Crippen molar-refractivity contribution >= 4 is 0 Å². The highest BCUT2D eigenvalue weighted by molar-refractivity contribution is 4.90. The van der Waals surface area contributed by atoms with Gasteiger partial charge in [-0.25, -0.2) is 0 Å². The first-order valence-electron chi connectivity index (χ1n) is 7.24. The van der Waals surface area contributed by atoms with Crippen LogP contribution in [0.3, 0.4) is 0 Å². The van der Waals surface area contributed by atoms with E-state index in [1.54, 1.807) is 19.3 Å². The topological polar surface area (TPSA) is 0 Å². The summed E-state index contributed by atoms with van der Waals surface area (Å²) in [6, 6.07) is 0. The van der Waals surface area contributed by atoms with Crippen LogP contribution in [0.4, 0.5) is 0 Å². The SMILES string of the molecule is CCC1CCC2CCCCC2C1C(C)C. The average molecular weight is 208 g/mol. The molecule has 0 nitrogen and oxygen atoms in total. The van der Waals surface area contributed by atoms with Gasteiger partial charge in [0.1, 0.15) is 0 Å². The summed E-state index contributed by atoms with van der Waals surface area (Å²) >= 11 is 0. The summed E-state index contributed by atoms with van der Waals surface area (Å²) in [6.45, 7) is 7.33. The van der Waals surface area contributed by atoms with E-state index in [-0.39, 0.29) is 0 Å². The smallest absolute Gasteiger partial charge is 0.0332 e. The monoisotopic (exact) mass is 208 g/mol. The van der Waals surface area contributed by atoms with Gasteiger partial charge >= 0.3 is 0 Å². The Labute approximate surface area is 95.8 Å². The van der Waals surface area contributed by atoms with Gasteiger partial charge in [0.2, 0.25) is 0 Å². The fourth-order valence-corrected chi connectivity index (χ4v) is 4.59. The van der Waals surface area contributed by atoms with Crippen molar-refractivity contribution in [3.63, 3.8) is 0 Å². The molecule has 0 heterocycles. The third-order valence-corrected chi connectivity index (χ3v) is 5.21. The van der Waals surface area contributed by atoms with E-state index in [4.69, 9.17) is 0 Å². The molecule has 0 aliphatic heterocycles. The van der Waals surface area contributed by atoms with Crippen LogP contribution in [0.1, 0.15) is 65.7 Å². The van der Waals surface area contributed by atoms with Crippen molar-refractivity contribution in [3.05, 3.63) is 0 Å². The lowest BCUT2D eigenvalue weighted by Gasteiger charge is -2.47. The fourth-order valence-electron chi connectivity index (χ4n) is 4.59. The largest absolute Gasteiger partial charge is 0.0651 e. The van der Waals surface area contributed by atoms with Gasteiger partial charge in [0.25, 0.3) is 0 Å². The first kappa shape index (κ1) is 11.5. The molecule has 0 aromatic carbocycles. The summed E-state index contributed by atoms with van der Waals surface area (Å²) in [5.41, 5.74) is 0. The van der Waals surface area contributed by atoms with E-state index in [0.29, 0.717) is 0 Å². The van der Waals surface area contributed by atoms with Crippen LogP contribution in [0, 0.1) is 29.6 Å². The van der Waals surface area contributed by atoms with E-state index >= 15 is 0 Å². The minimum atomic E-state index is 0.917. The number of hydrogen-bond acceptors (Lipinski definition) is 0. The van der Waals surface area contributed by atoms with Crippen LogP contribution < -0.4 is 0 Å². The van der Waals surface area contributed by atoms with Gasteiger partial charge in [-0.15, -0.1) is 0 Å². The van der Waals surface area contributed by atoms with Gasteiger partial charge < -0.3 is 0 Å². The zero-order valence-corrected chi connectivity index (χ0v) is 10.8. The van der Waals surface area contributed by atoms with Crippen LogP contribution in [0.5, 0.6) is 0 Å². The Hall–Kier alpha value is 0. The van der Waals surface area contributed by atoms with Crippen LogP contribution in [-0.4, -0.2) is 0 Å². The molecule has 2 saturated carbocycles. The Kier molecular flexibility index (Phi) is 3.74. The predicted molar refractivity (Wildman–Crippen MR) is 66.8 cm³/mol. The van der Waals surface area contributed by atoms with Crippen molar-refractivity contribution in [2.75, 3.05) is 0 Å². The predicted octanol–water partition coefficient (Wildman–Crippen LogP) is 4.89. The molecule has 4 unspecified atom stereocenters. The fraction of sp³-hybridized carbons (Fsp3) is 1.00. The summed E-state index contributed by atoms with van der Waals surface area (Å²) in [7, 11) is 0. The van der Waals surface area contributed by atoms with Crippen molar-refractivity contribution < 1.29 is 0 Å². The van der Waals surface area contributed by atoms with Crippen LogP contribution >= 0.6 is 0 Å². The third kappa shape index (κ3) is 2.24. The van der Waals surface area contributed by atoms with Gasteiger partial charge in [-0.3, -0.25) is 0 Å². The zero-order valence-electron chi connectivity index (χ0n) is 10.8. The summed E-state index contributed by atoms with van der Waals surface area (Å²) < 4.78 is 0. The molecule has 0 aromatic heterocycles. The van der Waals surface area contributed by atoms with E-state index in [2.05, 4.69) is 20.8 Å². The van der Waals surface area contributed by atoms with E-state index in [9.17, 15) is 0 Å². The first-order chi connectivity index (χ1) is 7.24. The highest BCUT2D eigenvalue weighted by Gasteiger charge is 2.40. The summed E-state index contributed by atoms with van der Waals surface area (Å²) in [6.07, 6.45) is 10.6. The Morgan fingerprint density at radius 3 is 2.40 bits per heavy atom. The summed E-state index contributed by atoms with van der Waals surface area (Å²) in [5, 5.41) is 0. The van der Waals surface area contributed by atoms with Gasteiger partial charge in [0, 0.05) is 0 Å². The lowest BCUT2D eigenvalue weighted by molar-refractivity contribution is 0.0240. The van der Waals surface area contributed by atoms with E-state index < -0.39 is 0 Å². The van der Waals surface area contributed by atoms with Gasteiger partial charge in [0.15, 0.2) is 0 Å². The average Bonchev–Trinajstić information content (AvgIpc) is 2.27. The molecule has 2 fully saturated rings. The minimum Gasteiger partial charge on any atom is -0.0651 e. The minimum absolute atomic E-state index is 0.917. The molecule has 0 amide bonds. The maximum Gasteiger partial charge on any atom is -0.0332 e. The van der Waals surface area contributed by atoms with Gasteiger partial charge in [0.05, 0.1) is 0 Å². The van der Waals surface area contributed by atoms with E-state index in [1.165, 1.54) is 25.7 Å². The maximum absolute atomic E-state index is 2.46. The molecule has 0 bridgehead atoms. The van der Waals surface area contributed by atoms with Crippen molar-refractivity contribution in [1.29, 1.82) is 0 Å². The standard InChI is InChI=1S/C15H28/c1-4-12-9-10-13-7-5-6-8-14(13)15(12)11(2)3/h11-15H,4-10H2,1-3H3. The quantitative estimate of drug-likeness (QED) is 0.606. The first-order valence-corrected chi connectivity index (χ1v) is 7.24. The van der Waals surface area contributed by atoms with Gasteiger partial charge in [-0.2, -0.15) is 0 Å². The van der Waals surface area contributed by atoms with Crippen LogP contribution in [-0.2, 0) is 0 Å². The third-order valence-electron chi connectivity index (χ3n) is 5.21. The molecule has 2 aliphatic carbocycles. The molecule has 0 saturated heterocycles. The number of hydrogen-bond donors (Lipinski definition) is 0. The Bertz CT molecular complexity index is 194. The molecule has 0 heteroatoms. The normalized spacial score (nSPS) is 41.6. The molecule has 0 spiro atoms. The highest BCUT2D eigenvalue weighted by Crippen LogP contribution is 2.49. The van der Waals surface area contributed by atoms with Crippen LogP contribution in [0.25, 0.3) is 0 Å². The van der Waals surface area contributed by atoms with Crippen molar-refractivity contribution in [2.24, 2.45) is 29.6 Å². The maximum atomic E-state index is 2.46. The lowest BCUT2D eigenvalue weighted by Crippen LogP contribution is -2.39. The zero-order chi connectivity index (χ0) is 10.8. The molecule has 15 heavy (non-hydrogen) atoms. The molecule has 4 atom stereocenters. The molecule has 0 aromatic rings. The van der Waals surface area contributed by atoms with E-state index in [1.807, 2.05) is 0 Å². The summed E-state index contributed by atoms with van der Waals surface area (Å²) in [4.78, 5) is 0. The molecule has 88 valence electrons. The second-order valence-corrected chi connectivity index (χ2v) is 6.28. The lowest BCUT2D eigenvalue weighted by atomic mass is 9.58. The highest BCUT2D eigenvalue weighted by atomic mass is 14.5. The van der Waals surface area contributed by atoms with Gasteiger partial charge in [-0.05, 0) is 48.9 Å². The number of rotatable bonds is 2. The van der Waals surface area contributed by atoms with Gasteiger partial charge in [-0.1, -0.05) is 46.5 Å². The van der Waals surface area contributed by atoms with Crippen molar-refractivity contribution in [3.8, 4) is 0 Å². The van der Waals surface area contributed by atoms with Crippen molar-refractivity contribution in [1.82, 2.24) is 0 Å². The molecular formula is C15H28. The molecular weight excluding hydrogens is 180 g/mol. The molecule has 0 radical (unpaired) electrons. The van der Waals surface area contributed by atoms with Crippen LogP contribution in [0.2, 0.25) is 0 Å². The summed E-state index contributed by atoms with van der Waals surface area (Å²) in [5.74, 6) is 5.21. The molecule has 0 N–H and O–H groups in total. The second-order valence-electron chi connectivity index (χ2n) is 6.28. The second kappa shape index (κ2) is 4.89. The number of fused-ring (bicyclic) bond motifs is 1. The van der Waals surface area contributed by atoms with Crippen molar-refractivity contribution in [2.45, 2.75) is 65.7 Å². The Morgan fingerprint density at radius 2 is 1.73 bits per heavy atom. The van der Waals surface area contributed by atoms with Crippen LogP contribution in [0.15, 0.2) is 0 Å². The van der Waals surface area contributed by atoms with E-state index in [0.717, 1.165) is 29.6 Å². The Balaban J connectivity index is 2.10. The Morgan fingerprint density at radius 1 is 1.00 bits per heavy atom.